The van der Waals surface area contributed by atoms with Gasteiger partial charge in [-0.25, -0.2) is 5.43 Å². The number of halogens is 1. The number of benzene rings is 3. The molecule has 2 N–H and O–H groups in total. The molecule has 0 bridgehead atoms. The van der Waals surface area contributed by atoms with E-state index < -0.39 is 0 Å². The van der Waals surface area contributed by atoms with Gasteiger partial charge in [0.15, 0.2) is 0 Å². The molecule has 148 valence electrons. The van der Waals surface area contributed by atoms with E-state index in [2.05, 4.69) is 15.8 Å². The van der Waals surface area contributed by atoms with Gasteiger partial charge in [-0.05, 0) is 42.3 Å². The first-order chi connectivity index (χ1) is 14.1. The SMILES string of the molecule is Cc1c(Cl)cccc1NCC(=O)N/N=C\c1ccccc1OCc1ccccc1. The Hall–Kier alpha value is -3.31. The van der Waals surface area contributed by atoms with Gasteiger partial charge in [-0.3, -0.25) is 4.79 Å². The molecule has 0 aromatic heterocycles. The summed E-state index contributed by atoms with van der Waals surface area (Å²) in [6, 6.07) is 23.0. The number of para-hydroxylation sites is 1. The van der Waals surface area contributed by atoms with Crippen LogP contribution in [0, 0.1) is 6.92 Å². The van der Waals surface area contributed by atoms with Gasteiger partial charge in [0.05, 0.1) is 12.8 Å². The second-order valence-corrected chi connectivity index (χ2v) is 6.78. The third kappa shape index (κ3) is 6.09. The zero-order valence-corrected chi connectivity index (χ0v) is 16.8. The molecule has 0 aliphatic carbocycles. The number of anilines is 1. The number of hydrazone groups is 1. The molecule has 0 atom stereocenters. The maximum atomic E-state index is 12.0. The van der Waals surface area contributed by atoms with Crippen LogP contribution in [0.25, 0.3) is 0 Å². The number of rotatable bonds is 8. The molecule has 0 spiro atoms. The lowest BCUT2D eigenvalue weighted by molar-refractivity contribution is -0.119. The Morgan fingerprint density at radius 3 is 2.62 bits per heavy atom. The fraction of sp³-hybridized carbons (Fsp3) is 0.130. The van der Waals surface area contributed by atoms with Gasteiger partial charge in [0.25, 0.3) is 5.91 Å². The summed E-state index contributed by atoms with van der Waals surface area (Å²) in [5.41, 5.74) is 6.09. The molecule has 3 aromatic carbocycles. The Balaban J connectivity index is 1.53. The minimum Gasteiger partial charge on any atom is -0.488 e. The molecule has 3 aromatic rings. The highest BCUT2D eigenvalue weighted by atomic mass is 35.5. The summed E-state index contributed by atoms with van der Waals surface area (Å²) in [5, 5.41) is 7.75. The van der Waals surface area contributed by atoms with Crippen molar-refractivity contribution in [3.05, 3.63) is 94.5 Å². The number of ether oxygens (including phenoxy) is 1. The smallest absolute Gasteiger partial charge is 0.259 e. The zero-order valence-electron chi connectivity index (χ0n) is 16.1. The number of nitrogens with one attached hydrogen (secondary N) is 2. The minimum absolute atomic E-state index is 0.0880. The fourth-order valence-corrected chi connectivity index (χ4v) is 2.82. The van der Waals surface area contributed by atoms with Crippen LogP contribution in [0.4, 0.5) is 5.69 Å². The molecule has 0 fully saturated rings. The van der Waals surface area contributed by atoms with Crippen LogP contribution >= 0.6 is 11.6 Å². The van der Waals surface area contributed by atoms with Gasteiger partial charge < -0.3 is 10.1 Å². The number of nitrogens with zero attached hydrogens (tertiary/aromatic N) is 1. The Labute approximate surface area is 175 Å². The number of hydrogen-bond acceptors (Lipinski definition) is 4. The van der Waals surface area contributed by atoms with Crippen LogP contribution in [0.1, 0.15) is 16.7 Å². The summed E-state index contributed by atoms with van der Waals surface area (Å²) in [5.74, 6) is 0.435. The number of hydrogen-bond donors (Lipinski definition) is 2. The predicted molar refractivity (Wildman–Crippen MR) is 118 cm³/mol. The fourth-order valence-electron chi connectivity index (χ4n) is 2.64. The van der Waals surface area contributed by atoms with Gasteiger partial charge in [-0.15, -0.1) is 0 Å². The molecule has 1 amide bonds. The van der Waals surface area contributed by atoms with E-state index in [1.54, 1.807) is 6.21 Å². The lowest BCUT2D eigenvalue weighted by Gasteiger charge is -2.10. The highest BCUT2D eigenvalue weighted by molar-refractivity contribution is 6.31. The van der Waals surface area contributed by atoms with Gasteiger partial charge in [0.1, 0.15) is 12.4 Å². The molecule has 0 saturated heterocycles. The van der Waals surface area contributed by atoms with Crippen LogP contribution in [0.5, 0.6) is 5.75 Å². The van der Waals surface area contributed by atoms with E-state index in [0.717, 1.165) is 22.4 Å². The van der Waals surface area contributed by atoms with E-state index in [1.165, 1.54) is 0 Å². The van der Waals surface area contributed by atoms with Crippen LogP contribution in [-0.2, 0) is 11.4 Å². The highest BCUT2D eigenvalue weighted by Gasteiger charge is 2.05. The van der Waals surface area contributed by atoms with E-state index in [-0.39, 0.29) is 12.5 Å². The summed E-state index contributed by atoms with van der Waals surface area (Å²) < 4.78 is 5.88. The van der Waals surface area contributed by atoms with Crippen molar-refractivity contribution in [2.75, 3.05) is 11.9 Å². The van der Waals surface area contributed by atoms with Crippen LogP contribution in [0.2, 0.25) is 5.02 Å². The Morgan fingerprint density at radius 1 is 1.03 bits per heavy atom. The second-order valence-electron chi connectivity index (χ2n) is 6.37. The molecule has 0 radical (unpaired) electrons. The first kappa shape index (κ1) is 20.4. The number of carbonyl (C=O) groups excluding carboxylic acids is 1. The normalized spacial score (nSPS) is 10.7. The van der Waals surface area contributed by atoms with Crippen molar-refractivity contribution in [3.63, 3.8) is 0 Å². The van der Waals surface area contributed by atoms with Crippen LogP contribution in [-0.4, -0.2) is 18.7 Å². The second kappa shape index (κ2) is 10.3. The highest BCUT2D eigenvalue weighted by Crippen LogP contribution is 2.22. The first-order valence-electron chi connectivity index (χ1n) is 9.20. The van der Waals surface area contributed by atoms with Crippen molar-refractivity contribution in [2.24, 2.45) is 5.10 Å². The van der Waals surface area contributed by atoms with E-state index in [1.807, 2.05) is 79.7 Å². The minimum atomic E-state index is -0.261. The summed E-state index contributed by atoms with van der Waals surface area (Å²) in [6.07, 6.45) is 1.57. The zero-order chi connectivity index (χ0) is 20.5. The Bertz CT molecular complexity index is 990. The Morgan fingerprint density at radius 2 is 1.79 bits per heavy atom. The lowest BCUT2D eigenvalue weighted by atomic mass is 10.2. The van der Waals surface area contributed by atoms with Crippen LogP contribution in [0.15, 0.2) is 77.9 Å². The van der Waals surface area contributed by atoms with E-state index in [0.29, 0.717) is 17.4 Å². The van der Waals surface area contributed by atoms with Gasteiger partial charge in [-0.1, -0.05) is 60.1 Å². The molecule has 6 heteroatoms. The molecule has 0 saturated carbocycles. The van der Waals surface area contributed by atoms with Gasteiger partial charge in [0.2, 0.25) is 0 Å². The van der Waals surface area contributed by atoms with Gasteiger partial charge >= 0.3 is 0 Å². The lowest BCUT2D eigenvalue weighted by Crippen LogP contribution is -2.26. The van der Waals surface area contributed by atoms with E-state index in [9.17, 15) is 4.79 Å². The van der Waals surface area contributed by atoms with Crippen molar-refractivity contribution in [1.29, 1.82) is 0 Å². The van der Waals surface area contributed by atoms with E-state index >= 15 is 0 Å². The molecular formula is C23H22ClN3O2. The average Bonchev–Trinajstić information content (AvgIpc) is 2.75. The molecule has 29 heavy (non-hydrogen) atoms. The maximum Gasteiger partial charge on any atom is 0.259 e. The Kier molecular flexibility index (Phi) is 7.25. The molecule has 0 aliphatic heterocycles. The van der Waals surface area contributed by atoms with Crippen molar-refractivity contribution < 1.29 is 9.53 Å². The monoisotopic (exact) mass is 407 g/mol. The number of amides is 1. The molecule has 0 heterocycles. The van der Waals surface area contributed by atoms with Crippen molar-refractivity contribution in [1.82, 2.24) is 5.43 Å². The van der Waals surface area contributed by atoms with Crippen LogP contribution in [0.3, 0.4) is 0 Å². The summed E-state index contributed by atoms with van der Waals surface area (Å²) in [4.78, 5) is 12.0. The molecule has 0 aliphatic rings. The first-order valence-corrected chi connectivity index (χ1v) is 9.58. The standard InChI is InChI=1S/C23H22ClN3O2/c1-17-20(24)11-7-12-21(17)25-15-23(28)27-26-14-19-10-5-6-13-22(19)29-16-18-8-3-2-4-9-18/h2-14,25H,15-16H2,1H3,(H,27,28)/b26-14-. The maximum absolute atomic E-state index is 12.0. The quantitative estimate of drug-likeness (QED) is 0.417. The summed E-state index contributed by atoms with van der Waals surface area (Å²) in [7, 11) is 0. The summed E-state index contributed by atoms with van der Waals surface area (Å²) in [6.45, 7) is 2.44. The van der Waals surface area contributed by atoms with Crippen molar-refractivity contribution >= 4 is 29.4 Å². The third-order valence-corrected chi connectivity index (χ3v) is 4.67. The topological polar surface area (TPSA) is 62.7 Å². The van der Waals surface area contributed by atoms with Crippen molar-refractivity contribution in [2.45, 2.75) is 13.5 Å². The van der Waals surface area contributed by atoms with Crippen LogP contribution < -0.4 is 15.5 Å². The summed E-state index contributed by atoms with van der Waals surface area (Å²) >= 11 is 6.08. The largest absolute Gasteiger partial charge is 0.488 e. The molecule has 3 rings (SSSR count). The number of carbonyl (C=O) groups is 1. The van der Waals surface area contributed by atoms with Gasteiger partial charge in [0, 0.05) is 16.3 Å². The predicted octanol–water partition coefficient (Wildman–Crippen LogP) is 4.79. The van der Waals surface area contributed by atoms with E-state index in [4.69, 9.17) is 16.3 Å². The molecular weight excluding hydrogens is 386 g/mol. The molecule has 5 nitrogen and oxygen atoms in total. The average molecular weight is 408 g/mol. The third-order valence-electron chi connectivity index (χ3n) is 4.26. The van der Waals surface area contributed by atoms with Gasteiger partial charge in [-0.2, -0.15) is 5.10 Å². The molecule has 0 unspecified atom stereocenters. The van der Waals surface area contributed by atoms with Crippen molar-refractivity contribution in [3.8, 4) is 5.75 Å².